The molecule has 1 unspecified atom stereocenters. The lowest BCUT2D eigenvalue weighted by molar-refractivity contribution is 0.0677. The third kappa shape index (κ3) is 2.89. The fraction of sp³-hybridized carbons (Fsp3) is 0.500. The van der Waals surface area contributed by atoms with Gasteiger partial charge in [0.2, 0.25) is 0 Å². The summed E-state index contributed by atoms with van der Waals surface area (Å²) in [6, 6.07) is 4.91. The van der Waals surface area contributed by atoms with Crippen molar-refractivity contribution >= 4 is 5.78 Å². The van der Waals surface area contributed by atoms with Crippen molar-refractivity contribution in [2.24, 2.45) is 0 Å². The van der Waals surface area contributed by atoms with Gasteiger partial charge in [-0.3, -0.25) is 9.69 Å². The summed E-state index contributed by atoms with van der Waals surface area (Å²) in [6.45, 7) is 5.28. The van der Waals surface area contributed by atoms with Crippen molar-refractivity contribution in [3.8, 4) is 5.75 Å². The van der Waals surface area contributed by atoms with Crippen molar-refractivity contribution < 1.29 is 15.0 Å². The van der Waals surface area contributed by atoms with Crippen LogP contribution in [0.25, 0.3) is 0 Å². The molecule has 1 heterocycles. The van der Waals surface area contributed by atoms with Gasteiger partial charge in [-0.1, -0.05) is 0 Å². The smallest absolute Gasteiger partial charge is 0.159 e. The number of carbonyl (C=O) groups excluding carboxylic acids is 1. The quantitative estimate of drug-likeness (QED) is 0.798. The number of aromatic hydroxyl groups is 1. The summed E-state index contributed by atoms with van der Waals surface area (Å²) in [5, 5.41) is 19.7. The first-order chi connectivity index (χ1) is 8.37. The van der Waals surface area contributed by atoms with E-state index in [1.807, 2.05) is 6.92 Å². The Morgan fingerprint density at radius 2 is 2.22 bits per heavy atom. The first kappa shape index (κ1) is 13.1. The molecule has 0 radical (unpaired) electrons. The summed E-state index contributed by atoms with van der Waals surface area (Å²) in [6.07, 6.45) is 0.736. The van der Waals surface area contributed by atoms with Crippen LogP contribution >= 0.6 is 0 Å². The molecule has 1 aliphatic rings. The second-order valence-corrected chi connectivity index (χ2v) is 5.36. The number of phenols is 1. The number of nitrogens with zero attached hydrogens (tertiary/aromatic N) is 1. The van der Waals surface area contributed by atoms with Gasteiger partial charge >= 0.3 is 0 Å². The summed E-state index contributed by atoms with van der Waals surface area (Å²) in [5.41, 5.74) is 0.697. The van der Waals surface area contributed by atoms with Crippen LogP contribution in [0.15, 0.2) is 18.2 Å². The molecular formula is C14H19NO3. The zero-order valence-corrected chi connectivity index (χ0v) is 10.8. The molecule has 1 aliphatic heterocycles. The largest absolute Gasteiger partial charge is 0.508 e. The van der Waals surface area contributed by atoms with Gasteiger partial charge in [0.15, 0.2) is 5.78 Å². The second kappa shape index (κ2) is 4.71. The van der Waals surface area contributed by atoms with Crippen LogP contribution < -0.4 is 0 Å². The third-order valence-electron chi connectivity index (χ3n) is 3.41. The SMILES string of the molecule is CC(=O)c1ccc(O)c(CN2CCC(C)(O)C2)c1. The molecule has 1 saturated heterocycles. The van der Waals surface area contributed by atoms with E-state index in [1.165, 1.54) is 6.92 Å². The first-order valence-electron chi connectivity index (χ1n) is 6.15. The standard InChI is InChI=1S/C14H19NO3/c1-10(16)11-3-4-13(17)12(7-11)8-15-6-5-14(2,18)9-15/h3-4,7,17-18H,5-6,8-9H2,1-2H3. The summed E-state index contributed by atoms with van der Waals surface area (Å²) < 4.78 is 0. The highest BCUT2D eigenvalue weighted by Crippen LogP contribution is 2.26. The van der Waals surface area contributed by atoms with E-state index in [0.717, 1.165) is 18.5 Å². The van der Waals surface area contributed by atoms with Crippen LogP contribution in [0.1, 0.15) is 36.2 Å². The number of β-amino-alcohol motifs (C(OH)–C–C–N with tert-alkyl or cyclic N) is 1. The molecular weight excluding hydrogens is 230 g/mol. The predicted molar refractivity (Wildman–Crippen MR) is 68.6 cm³/mol. The molecule has 2 N–H and O–H groups in total. The Hall–Kier alpha value is -1.39. The molecule has 1 fully saturated rings. The Kier molecular flexibility index (Phi) is 3.41. The summed E-state index contributed by atoms with van der Waals surface area (Å²) >= 11 is 0. The maximum atomic E-state index is 11.3. The lowest BCUT2D eigenvalue weighted by Crippen LogP contribution is -2.29. The van der Waals surface area contributed by atoms with E-state index in [4.69, 9.17) is 0 Å². The fourth-order valence-electron chi connectivity index (χ4n) is 2.35. The van der Waals surface area contributed by atoms with Crippen LogP contribution in [0.5, 0.6) is 5.75 Å². The highest BCUT2D eigenvalue weighted by atomic mass is 16.3. The second-order valence-electron chi connectivity index (χ2n) is 5.36. The van der Waals surface area contributed by atoms with Crippen LogP contribution in [-0.4, -0.2) is 39.6 Å². The Balaban J connectivity index is 2.14. The Bertz CT molecular complexity index is 468. The molecule has 1 aromatic carbocycles. The fourth-order valence-corrected chi connectivity index (χ4v) is 2.35. The molecule has 0 aromatic heterocycles. The number of Topliss-reactive ketones (excluding diaryl/α,β-unsaturated/α-hetero) is 1. The van der Waals surface area contributed by atoms with Crippen LogP contribution in [0.3, 0.4) is 0 Å². The van der Waals surface area contributed by atoms with E-state index in [-0.39, 0.29) is 11.5 Å². The lowest BCUT2D eigenvalue weighted by atomic mass is 10.1. The normalized spacial score (nSPS) is 24.4. The molecule has 0 spiro atoms. The molecule has 1 atom stereocenters. The van der Waals surface area contributed by atoms with E-state index in [9.17, 15) is 15.0 Å². The number of hydrogen-bond donors (Lipinski definition) is 2. The number of hydrogen-bond acceptors (Lipinski definition) is 4. The molecule has 4 nitrogen and oxygen atoms in total. The van der Waals surface area contributed by atoms with Gasteiger partial charge in [-0.25, -0.2) is 0 Å². The number of aliphatic hydroxyl groups is 1. The molecule has 0 saturated carbocycles. The van der Waals surface area contributed by atoms with Gasteiger partial charge in [0.1, 0.15) is 5.75 Å². The number of likely N-dealkylation sites (tertiary alicyclic amines) is 1. The van der Waals surface area contributed by atoms with Crippen molar-refractivity contribution in [2.75, 3.05) is 13.1 Å². The van der Waals surface area contributed by atoms with Crippen molar-refractivity contribution in [3.05, 3.63) is 29.3 Å². The van der Waals surface area contributed by atoms with Crippen LogP contribution in [0, 0.1) is 0 Å². The summed E-state index contributed by atoms with van der Waals surface area (Å²) in [5.74, 6) is 0.191. The van der Waals surface area contributed by atoms with Crippen LogP contribution in [0.2, 0.25) is 0 Å². The van der Waals surface area contributed by atoms with Gasteiger partial charge in [0, 0.05) is 30.8 Å². The van der Waals surface area contributed by atoms with E-state index < -0.39 is 5.60 Å². The molecule has 1 aromatic rings. The molecule has 0 bridgehead atoms. The van der Waals surface area contributed by atoms with E-state index in [0.29, 0.717) is 18.7 Å². The Morgan fingerprint density at radius 1 is 1.50 bits per heavy atom. The van der Waals surface area contributed by atoms with Gasteiger partial charge in [-0.15, -0.1) is 0 Å². The van der Waals surface area contributed by atoms with E-state index >= 15 is 0 Å². The average Bonchev–Trinajstić information content (AvgIpc) is 2.61. The number of phenolic OH excluding ortho intramolecular Hbond substituents is 1. The van der Waals surface area contributed by atoms with Crippen LogP contribution in [-0.2, 0) is 6.54 Å². The predicted octanol–water partition coefficient (Wildman–Crippen LogP) is 1.55. The molecule has 2 rings (SSSR count). The summed E-state index contributed by atoms with van der Waals surface area (Å²) in [7, 11) is 0. The number of rotatable bonds is 3. The van der Waals surface area contributed by atoms with Gasteiger partial charge in [-0.2, -0.15) is 0 Å². The minimum absolute atomic E-state index is 0.00957. The third-order valence-corrected chi connectivity index (χ3v) is 3.41. The van der Waals surface area contributed by atoms with Gasteiger partial charge in [0.25, 0.3) is 0 Å². The topological polar surface area (TPSA) is 60.8 Å². The number of ketones is 1. The average molecular weight is 249 g/mol. The first-order valence-corrected chi connectivity index (χ1v) is 6.15. The lowest BCUT2D eigenvalue weighted by Gasteiger charge is -2.19. The minimum Gasteiger partial charge on any atom is -0.508 e. The highest BCUT2D eigenvalue weighted by molar-refractivity contribution is 5.94. The number of carbonyl (C=O) groups is 1. The van der Waals surface area contributed by atoms with E-state index in [1.54, 1.807) is 18.2 Å². The summed E-state index contributed by atoms with van der Waals surface area (Å²) in [4.78, 5) is 13.4. The van der Waals surface area contributed by atoms with Crippen molar-refractivity contribution in [2.45, 2.75) is 32.4 Å². The molecule has 4 heteroatoms. The minimum atomic E-state index is -0.645. The molecule has 0 aliphatic carbocycles. The van der Waals surface area contributed by atoms with Gasteiger partial charge in [-0.05, 0) is 38.5 Å². The number of benzene rings is 1. The zero-order chi connectivity index (χ0) is 13.3. The maximum absolute atomic E-state index is 11.3. The van der Waals surface area contributed by atoms with Gasteiger partial charge < -0.3 is 10.2 Å². The highest BCUT2D eigenvalue weighted by Gasteiger charge is 2.31. The molecule has 18 heavy (non-hydrogen) atoms. The van der Waals surface area contributed by atoms with E-state index in [2.05, 4.69) is 4.90 Å². The van der Waals surface area contributed by atoms with Crippen molar-refractivity contribution in [3.63, 3.8) is 0 Å². The van der Waals surface area contributed by atoms with Crippen LogP contribution in [0.4, 0.5) is 0 Å². The Morgan fingerprint density at radius 3 is 2.78 bits per heavy atom. The monoisotopic (exact) mass is 249 g/mol. The zero-order valence-electron chi connectivity index (χ0n) is 10.8. The maximum Gasteiger partial charge on any atom is 0.159 e. The molecule has 0 amide bonds. The Labute approximate surface area is 107 Å². The van der Waals surface area contributed by atoms with Gasteiger partial charge in [0.05, 0.1) is 5.60 Å². The molecule has 98 valence electrons. The van der Waals surface area contributed by atoms with Crippen molar-refractivity contribution in [1.29, 1.82) is 0 Å². The van der Waals surface area contributed by atoms with Crippen molar-refractivity contribution in [1.82, 2.24) is 4.90 Å².